The Morgan fingerprint density at radius 1 is 1.41 bits per heavy atom. The van der Waals surface area contributed by atoms with Crippen LogP contribution in [0.5, 0.6) is 0 Å². The maximum Gasteiger partial charge on any atom is 0.0951 e. The van der Waals surface area contributed by atoms with Crippen LogP contribution in [0.3, 0.4) is 0 Å². The average Bonchev–Trinajstić information content (AvgIpc) is 2.33. The monoisotopic (exact) mass is 233 g/mol. The topological polar surface area (TPSA) is 32.3 Å². The van der Waals surface area contributed by atoms with Gasteiger partial charge in [-0.15, -0.1) is 0 Å². The minimum absolute atomic E-state index is 0.316. The van der Waals surface area contributed by atoms with E-state index in [1.54, 1.807) is 0 Å². The maximum atomic E-state index is 11.1. The molecule has 1 aliphatic rings. The lowest BCUT2D eigenvalue weighted by atomic mass is 9.73. The van der Waals surface area contributed by atoms with E-state index in [0.717, 1.165) is 31.5 Å². The van der Waals surface area contributed by atoms with Crippen LogP contribution in [0.15, 0.2) is 18.2 Å². The number of hydrogen-bond acceptors (Lipinski definition) is 2. The normalized spacial score (nSPS) is 29.3. The molecule has 1 fully saturated rings. The minimum atomic E-state index is -0.643. The zero-order valence-corrected chi connectivity index (χ0v) is 11.1. The van der Waals surface area contributed by atoms with Gasteiger partial charge in [0.15, 0.2) is 0 Å². The molecule has 0 saturated carbocycles. The third kappa shape index (κ3) is 2.12. The molecular formula is C15H23NO. The van der Waals surface area contributed by atoms with E-state index in [1.165, 1.54) is 11.1 Å². The molecule has 0 aromatic heterocycles. The molecule has 1 aromatic carbocycles. The molecule has 0 spiro atoms. The number of hydrogen-bond donors (Lipinski definition) is 2. The quantitative estimate of drug-likeness (QED) is 0.822. The van der Waals surface area contributed by atoms with E-state index in [9.17, 15) is 5.11 Å². The SMILES string of the molecule is CCC1CNCCC1(O)c1cccc(C)c1C. The van der Waals surface area contributed by atoms with Crippen molar-refractivity contribution in [2.45, 2.75) is 39.2 Å². The number of aryl methyl sites for hydroxylation is 1. The van der Waals surface area contributed by atoms with Crippen LogP contribution in [0, 0.1) is 19.8 Å². The molecule has 2 N–H and O–H groups in total. The van der Waals surface area contributed by atoms with E-state index in [1.807, 2.05) is 0 Å². The standard InChI is InChI=1S/C15H23NO/c1-4-13-10-16-9-8-15(13,17)14-7-5-6-11(2)12(14)3/h5-7,13,16-17H,4,8-10H2,1-3H3. The molecular weight excluding hydrogens is 210 g/mol. The molecule has 0 radical (unpaired) electrons. The van der Waals surface area contributed by atoms with Gasteiger partial charge in [-0.05, 0) is 49.9 Å². The van der Waals surface area contributed by atoms with E-state index in [4.69, 9.17) is 0 Å². The molecule has 0 bridgehead atoms. The molecule has 2 unspecified atom stereocenters. The van der Waals surface area contributed by atoms with E-state index < -0.39 is 5.60 Å². The summed E-state index contributed by atoms with van der Waals surface area (Å²) in [6.45, 7) is 8.22. The van der Waals surface area contributed by atoms with Crippen LogP contribution in [0.1, 0.15) is 36.5 Å². The number of aliphatic hydroxyl groups is 1. The predicted molar refractivity (Wildman–Crippen MR) is 71.1 cm³/mol. The molecule has 0 amide bonds. The first-order valence-electron chi connectivity index (χ1n) is 6.59. The van der Waals surface area contributed by atoms with Crippen molar-refractivity contribution in [3.05, 3.63) is 34.9 Å². The summed E-state index contributed by atoms with van der Waals surface area (Å²) in [6.07, 6.45) is 1.83. The van der Waals surface area contributed by atoms with Gasteiger partial charge in [-0.25, -0.2) is 0 Å². The first-order valence-corrected chi connectivity index (χ1v) is 6.59. The van der Waals surface area contributed by atoms with Crippen molar-refractivity contribution in [2.24, 2.45) is 5.92 Å². The summed E-state index contributed by atoms with van der Waals surface area (Å²) in [6, 6.07) is 6.27. The minimum Gasteiger partial charge on any atom is -0.385 e. The van der Waals surface area contributed by atoms with Gasteiger partial charge in [-0.1, -0.05) is 25.1 Å². The van der Waals surface area contributed by atoms with E-state index >= 15 is 0 Å². The van der Waals surface area contributed by atoms with E-state index in [0.29, 0.717) is 5.92 Å². The Morgan fingerprint density at radius 2 is 2.18 bits per heavy atom. The van der Waals surface area contributed by atoms with Gasteiger partial charge in [0.25, 0.3) is 0 Å². The van der Waals surface area contributed by atoms with Gasteiger partial charge >= 0.3 is 0 Å². The Kier molecular flexibility index (Phi) is 3.55. The van der Waals surface area contributed by atoms with Crippen LogP contribution in [-0.4, -0.2) is 18.2 Å². The third-order valence-corrected chi connectivity index (χ3v) is 4.31. The fourth-order valence-corrected chi connectivity index (χ4v) is 2.98. The van der Waals surface area contributed by atoms with Crippen LogP contribution in [0.4, 0.5) is 0 Å². The number of benzene rings is 1. The summed E-state index contributed by atoms with van der Waals surface area (Å²) < 4.78 is 0. The highest BCUT2D eigenvalue weighted by atomic mass is 16.3. The fourth-order valence-electron chi connectivity index (χ4n) is 2.98. The van der Waals surface area contributed by atoms with E-state index in [-0.39, 0.29) is 0 Å². The van der Waals surface area contributed by atoms with Gasteiger partial charge in [-0.3, -0.25) is 0 Å². The Hall–Kier alpha value is -0.860. The van der Waals surface area contributed by atoms with Crippen LogP contribution in [0.2, 0.25) is 0 Å². The lowest BCUT2D eigenvalue weighted by Crippen LogP contribution is -2.48. The van der Waals surface area contributed by atoms with Gasteiger partial charge < -0.3 is 10.4 Å². The lowest BCUT2D eigenvalue weighted by molar-refractivity contribution is -0.0483. The maximum absolute atomic E-state index is 11.1. The van der Waals surface area contributed by atoms with Gasteiger partial charge in [0.1, 0.15) is 0 Å². The van der Waals surface area contributed by atoms with Crippen molar-refractivity contribution in [3.8, 4) is 0 Å². The molecule has 2 rings (SSSR count). The molecule has 1 aromatic rings. The summed E-state index contributed by atoms with van der Waals surface area (Å²) >= 11 is 0. The van der Waals surface area contributed by atoms with Gasteiger partial charge in [0, 0.05) is 12.5 Å². The fraction of sp³-hybridized carbons (Fsp3) is 0.600. The van der Waals surface area contributed by atoms with Crippen LogP contribution < -0.4 is 5.32 Å². The van der Waals surface area contributed by atoms with Crippen molar-refractivity contribution in [1.82, 2.24) is 5.32 Å². The average molecular weight is 233 g/mol. The Balaban J connectivity index is 2.45. The van der Waals surface area contributed by atoms with Gasteiger partial charge in [0.2, 0.25) is 0 Å². The molecule has 2 atom stereocenters. The largest absolute Gasteiger partial charge is 0.385 e. The summed E-state index contributed by atoms with van der Waals surface area (Å²) in [4.78, 5) is 0. The zero-order chi connectivity index (χ0) is 12.5. The number of piperidine rings is 1. The highest BCUT2D eigenvalue weighted by molar-refractivity contribution is 5.38. The van der Waals surface area contributed by atoms with Crippen LogP contribution >= 0.6 is 0 Å². The Bertz CT molecular complexity index is 402. The summed E-state index contributed by atoms with van der Waals surface area (Å²) in [5.41, 5.74) is 3.00. The highest BCUT2D eigenvalue weighted by Crippen LogP contribution is 2.38. The smallest absolute Gasteiger partial charge is 0.0951 e. The number of nitrogens with one attached hydrogen (secondary N) is 1. The highest BCUT2D eigenvalue weighted by Gasteiger charge is 2.40. The Labute approximate surface area is 104 Å². The molecule has 1 heterocycles. The molecule has 2 nitrogen and oxygen atoms in total. The molecule has 1 saturated heterocycles. The zero-order valence-electron chi connectivity index (χ0n) is 11.1. The lowest BCUT2D eigenvalue weighted by Gasteiger charge is -2.41. The van der Waals surface area contributed by atoms with Gasteiger partial charge in [0.05, 0.1) is 5.60 Å². The van der Waals surface area contributed by atoms with Crippen LogP contribution in [0.25, 0.3) is 0 Å². The number of rotatable bonds is 2. The molecule has 94 valence electrons. The van der Waals surface area contributed by atoms with Crippen molar-refractivity contribution in [3.63, 3.8) is 0 Å². The van der Waals surface area contributed by atoms with Gasteiger partial charge in [-0.2, -0.15) is 0 Å². The van der Waals surface area contributed by atoms with Crippen molar-refractivity contribution in [2.75, 3.05) is 13.1 Å². The van der Waals surface area contributed by atoms with E-state index in [2.05, 4.69) is 44.3 Å². The first kappa shape index (κ1) is 12.6. The summed E-state index contributed by atoms with van der Waals surface area (Å²) in [7, 11) is 0. The van der Waals surface area contributed by atoms with Crippen molar-refractivity contribution >= 4 is 0 Å². The first-order chi connectivity index (χ1) is 8.09. The molecule has 2 heteroatoms. The molecule has 0 aliphatic carbocycles. The third-order valence-electron chi connectivity index (χ3n) is 4.31. The molecule has 17 heavy (non-hydrogen) atoms. The van der Waals surface area contributed by atoms with Crippen molar-refractivity contribution in [1.29, 1.82) is 0 Å². The predicted octanol–water partition coefficient (Wildman–Crippen LogP) is 2.51. The molecule has 1 aliphatic heterocycles. The second kappa shape index (κ2) is 4.79. The van der Waals surface area contributed by atoms with Crippen LogP contribution in [-0.2, 0) is 5.60 Å². The van der Waals surface area contributed by atoms with Crippen molar-refractivity contribution < 1.29 is 5.11 Å². The summed E-state index contributed by atoms with van der Waals surface area (Å²) in [5.74, 6) is 0.316. The summed E-state index contributed by atoms with van der Waals surface area (Å²) in [5, 5.41) is 14.5. The second-order valence-corrected chi connectivity index (χ2v) is 5.23. The Morgan fingerprint density at radius 3 is 2.88 bits per heavy atom. The second-order valence-electron chi connectivity index (χ2n) is 5.23.